The lowest BCUT2D eigenvalue weighted by Gasteiger charge is -2.31. The van der Waals surface area contributed by atoms with Gasteiger partial charge in [0.25, 0.3) is 5.91 Å². The predicted octanol–water partition coefficient (Wildman–Crippen LogP) is 3.92. The van der Waals surface area contributed by atoms with Gasteiger partial charge in [0, 0.05) is 37.8 Å². The molecule has 2 N–H and O–H groups in total. The van der Waals surface area contributed by atoms with Gasteiger partial charge >= 0.3 is 6.18 Å². The molecule has 29 heavy (non-hydrogen) atoms. The lowest BCUT2D eigenvalue weighted by molar-refractivity contribution is -0.137. The van der Waals surface area contributed by atoms with Crippen molar-refractivity contribution >= 4 is 28.1 Å². The van der Waals surface area contributed by atoms with Gasteiger partial charge in [0.1, 0.15) is 5.69 Å². The average Bonchev–Trinajstić information content (AvgIpc) is 2.73. The number of fused-ring (bicyclic) bond motifs is 1. The largest absolute Gasteiger partial charge is 0.416 e. The van der Waals surface area contributed by atoms with Crippen LogP contribution in [0.1, 0.15) is 16.1 Å². The Morgan fingerprint density at radius 1 is 1.07 bits per heavy atom. The minimum Gasteiger partial charge on any atom is -0.367 e. The van der Waals surface area contributed by atoms with E-state index in [0.29, 0.717) is 24.2 Å². The molecule has 0 radical (unpaired) electrons. The third-order valence-electron chi connectivity index (χ3n) is 4.92. The van der Waals surface area contributed by atoms with E-state index in [1.165, 1.54) is 12.3 Å². The summed E-state index contributed by atoms with van der Waals surface area (Å²) in [7, 11) is 0. The van der Waals surface area contributed by atoms with E-state index in [-0.39, 0.29) is 11.4 Å². The summed E-state index contributed by atoms with van der Waals surface area (Å²) in [6.07, 6.45) is -2.99. The fourth-order valence-corrected chi connectivity index (χ4v) is 3.48. The Balaban J connectivity index is 1.73. The molecular weight excluding hydrogens is 381 g/mol. The number of anilines is 2. The number of nitrogens with one attached hydrogen (secondary N) is 2. The highest BCUT2D eigenvalue weighted by atomic mass is 19.4. The minimum absolute atomic E-state index is 0.126. The van der Waals surface area contributed by atoms with Gasteiger partial charge in [-0.2, -0.15) is 13.2 Å². The fraction of sp³-hybridized carbons (Fsp3) is 0.238. The number of nitrogens with zero attached hydrogens (tertiary/aromatic N) is 2. The Bertz CT molecular complexity index is 1040. The number of aromatic nitrogens is 1. The van der Waals surface area contributed by atoms with E-state index in [1.54, 1.807) is 18.2 Å². The topological polar surface area (TPSA) is 57.3 Å². The number of amides is 1. The van der Waals surface area contributed by atoms with Crippen molar-refractivity contribution in [3.8, 4) is 0 Å². The van der Waals surface area contributed by atoms with Gasteiger partial charge in [-0.3, -0.25) is 9.78 Å². The van der Waals surface area contributed by atoms with Crippen molar-refractivity contribution < 1.29 is 18.0 Å². The molecule has 150 valence electrons. The molecule has 3 aromatic rings. The van der Waals surface area contributed by atoms with Crippen LogP contribution < -0.4 is 15.5 Å². The quantitative estimate of drug-likeness (QED) is 0.700. The molecule has 0 unspecified atom stereocenters. The molecule has 4 rings (SSSR count). The van der Waals surface area contributed by atoms with Crippen molar-refractivity contribution in [1.82, 2.24) is 10.3 Å². The van der Waals surface area contributed by atoms with Crippen LogP contribution in [0.5, 0.6) is 0 Å². The van der Waals surface area contributed by atoms with Crippen LogP contribution >= 0.6 is 0 Å². The van der Waals surface area contributed by atoms with Crippen LogP contribution in [0, 0.1) is 0 Å². The molecule has 0 bridgehead atoms. The smallest absolute Gasteiger partial charge is 0.367 e. The molecule has 1 aromatic heterocycles. The van der Waals surface area contributed by atoms with Gasteiger partial charge in [-0.1, -0.05) is 24.3 Å². The van der Waals surface area contributed by atoms with E-state index in [2.05, 4.69) is 15.6 Å². The zero-order valence-electron chi connectivity index (χ0n) is 15.5. The van der Waals surface area contributed by atoms with Crippen molar-refractivity contribution in [3.05, 3.63) is 66.0 Å². The van der Waals surface area contributed by atoms with E-state index in [1.807, 2.05) is 17.0 Å². The van der Waals surface area contributed by atoms with Crippen LogP contribution in [-0.4, -0.2) is 37.1 Å². The van der Waals surface area contributed by atoms with E-state index in [4.69, 9.17) is 0 Å². The molecule has 1 saturated heterocycles. The number of carbonyl (C=O) groups excluding carboxylic acids is 1. The normalized spacial score (nSPS) is 14.8. The average molecular weight is 400 g/mol. The first-order valence-corrected chi connectivity index (χ1v) is 9.25. The second kappa shape index (κ2) is 7.71. The van der Waals surface area contributed by atoms with Gasteiger partial charge in [-0.15, -0.1) is 0 Å². The van der Waals surface area contributed by atoms with Crippen LogP contribution in [0.25, 0.3) is 10.8 Å². The molecular formula is C21H19F3N4O. The zero-order chi connectivity index (χ0) is 20.4. The first kappa shape index (κ1) is 19.2. The number of alkyl halides is 3. The molecule has 2 heterocycles. The molecule has 1 fully saturated rings. The summed E-state index contributed by atoms with van der Waals surface area (Å²) >= 11 is 0. The fourth-order valence-electron chi connectivity index (χ4n) is 3.48. The summed E-state index contributed by atoms with van der Waals surface area (Å²) in [5, 5.41) is 7.35. The third-order valence-corrected chi connectivity index (χ3v) is 4.92. The molecule has 5 nitrogen and oxygen atoms in total. The Labute approximate surface area is 165 Å². The van der Waals surface area contributed by atoms with Crippen molar-refractivity contribution in [2.24, 2.45) is 0 Å². The molecule has 1 aliphatic rings. The van der Waals surface area contributed by atoms with Crippen LogP contribution in [0.2, 0.25) is 0 Å². The lowest BCUT2D eigenvalue weighted by Crippen LogP contribution is -2.43. The monoisotopic (exact) mass is 400 g/mol. The Morgan fingerprint density at radius 2 is 1.83 bits per heavy atom. The molecule has 0 atom stereocenters. The van der Waals surface area contributed by atoms with Crippen LogP contribution in [-0.2, 0) is 6.18 Å². The highest BCUT2D eigenvalue weighted by molar-refractivity contribution is 6.12. The minimum atomic E-state index is -4.50. The molecule has 1 amide bonds. The maximum Gasteiger partial charge on any atom is 0.416 e. The number of hydrogen-bond donors (Lipinski definition) is 2. The van der Waals surface area contributed by atoms with Crippen molar-refractivity contribution in [2.75, 3.05) is 36.4 Å². The first-order chi connectivity index (χ1) is 13.9. The first-order valence-electron chi connectivity index (χ1n) is 9.25. The van der Waals surface area contributed by atoms with Gasteiger partial charge < -0.3 is 15.5 Å². The van der Waals surface area contributed by atoms with Crippen LogP contribution in [0.4, 0.5) is 24.5 Å². The van der Waals surface area contributed by atoms with E-state index < -0.39 is 17.6 Å². The van der Waals surface area contributed by atoms with Crippen LogP contribution in [0.15, 0.2) is 54.7 Å². The SMILES string of the molecule is O=C(Nc1cc(C(F)(F)F)ccc1N1CCNCC1)c1nccc2ccccc12. The van der Waals surface area contributed by atoms with Crippen molar-refractivity contribution in [3.63, 3.8) is 0 Å². The van der Waals surface area contributed by atoms with Crippen LogP contribution in [0.3, 0.4) is 0 Å². The number of carbonyl (C=O) groups is 1. The zero-order valence-corrected chi connectivity index (χ0v) is 15.5. The second-order valence-corrected chi connectivity index (χ2v) is 6.80. The van der Waals surface area contributed by atoms with Gasteiger partial charge in [-0.25, -0.2) is 0 Å². The van der Waals surface area contributed by atoms with Gasteiger partial charge in [-0.05, 0) is 29.7 Å². The van der Waals surface area contributed by atoms with E-state index >= 15 is 0 Å². The molecule has 2 aromatic carbocycles. The predicted molar refractivity (Wildman–Crippen MR) is 106 cm³/mol. The summed E-state index contributed by atoms with van der Waals surface area (Å²) in [4.78, 5) is 19.1. The Morgan fingerprint density at radius 3 is 2.59 bits per heavy atom. The molecule has 8 heteroatoms. The van der Waals surface area contributed by atoms with Gasteiger partial charge in [0.15, 0.2) is 0 Å². The number of pyridine rings is 1. The number of halogens is 3. The highest BCUT2D eigenvalue weighted by Crippen LogP contribution is 2.36. The molecule has 0 saturated carbocycles. The van der Waals surface area contributed by atoms with Gasteiger partial charge in [0.05, 0.1) is 16.9 Å². The lowest BCUT2D eigenvalue weighted by atomic mass is 10.1. The number of benzene rings is 2. The maximum absolute atomic E-state index is 13.3. The van der Waals surface area contributed by atoms with Gasteiger partial charge in [0.2, 0.25) is 0 Å². The molecule has 1 aliphatic heterocycles. The Hall–Kier alpha value is -3.13. The summed E-state index contributed by atoms with van der Waals surface area (Å²) in [5.74, 6) is -0.544. The molecule has 0 aliphatic carbocycles. The van der Waals surface area contributed by atoms with Crippen molar-refractivity contribution in [2.45, 2.75) is 6.18 Å². The van der Waals surface area contributed by atoms with E-state index in [9.17, 15) is 18.0 Å². The summed E-state index contributed by atoms with van der Waals surface area (Å²) in [6.45, 7) is 2.72. The second-order valence-electron chi connectivity index (χ2n) is 6.80. The molecule has 0 spiro atoms. The highest BCUT2D eigenvalue weighted by Gasteiger charge is 2.32. The number of hydrogen-bond acceptors (Lipinski definition) is 4. The summed E-state index contributed by atoms with van der Waals surface area (Å²) < 4.78 is 39.8. The Kier molecular flexibility index (Phi) is 5.10. The summed E-state index contributed by atoms with van der Waals surface area (Å²) in [5.41, 5.74) is 0.0545. The van der Waals surface area contributed by atoms with E-state index in [0.717, 1.165) is 30.6 Å². The van der Waals surface area contributed by atoms with Crippen molar-refractivity contribution in [1.29, 1.82) is 0 Å². The number of rotatable bonds is 3. The third kappa shape index (κ3) is 4.02. The number of piperazine rings is 1. The standard InChI is InChI=1S/C21H19F3N4O/c22-21(23,24)15-5-6-18(28-11-9-25-10-12-28)17(13-15)27-20(29)19-16-4-2-1-3-14(16)7-8-26-19/h1-8,13,25H,9-12H2,(H,27,29). The maximum atomic E-state index is 13.3. The summed E-state index contributed by atoms with van der Waals surface area (Å²) in [6, 6.07) is 12.5.